The van der Waals surface area contributed by atoms with E-state index < -0.39 is 10.0 Å². The number of rotatable bonds is 7. The predicted octanol–water partition coefficient (Wildman–Crippen LogP) is 2.24. The zero-order chi connectivity index (χ0) is 18.3. The Morgan fingerprint density at radius 2 is 1.96 bits per heavy atom. The van der Waals surface area contributed by atoms with Gasteiger partial charge >= 0.3 is 0 Å². The summed E-state index contributed by atoms with van der Waals surface area (Å²) in [5.74, 6) is 0.672. The van der Waals surface area contributed by atoms with Gasteiger partial charge in [-0.3, -0.25) is 4.99 Å². The van der Waals surface area contributed by atoms with Gasteiger partial charge in [-0.1, -0.05) is 25.1 Å². The molecule has 1 atom stereocenters. The maximum absolute atomic E-state index is 11.3. The van der Waals surface area contributed by atoms with E-state index >= 15 is 0 Å². The topological polar surface area (TPSA) is 96.6 Å². The van der Waals surface area contributed by atoms with Gasteiger partial charge in [0.15, 0.2) is 5.96 Å². The second kappa shape index (κ2) is 9.23. The Morgan fingerprint density at radius 3 is 2.56 bits per heavy atom. The van der Waals surface area contributed by atoms with Gasteiger partial charge in [-0.05, 0) is 24.3 Å². The lowest BCUT2D eigenvalue weighted by atomic mass is 10.4. The number of nitrogens with zero attached hydrogens (tertiary/aromatic N) is 1. The molecule has 1 aromatic heterocycles. The number of thiophene rings is 1. The normalized spacial score (nSPS) is 13.5. The highest BCUT2D eigenvalue weighted by Crippen LogP contribution is 2.22. The highest BCUT2D eigenvalue weighted by molar-refractivity contribution is 8.00. The molecule has 2 aromatic rings. The van der Waals surface area contributed by atoms with Gasteiger partial charge in [0.1, 0.15) is 4.21 Å². The molecule has 136 valence electrons. The third-order valence-electron chi connectivity index (χ3n) is 3.21. The van der Waals surface area contributed by atoms with Gasteiger partial charge in [-0.2, -0.15) is 0 Å². The zero-order valence-electron chi connectivity index (χ0n) is 14.1. The summed E-state index contributed by atoms with van der Waals surface area (Å²) in [6, 6.07) is 13.5. The Hall–Kier alpha value is -1.55. The number of nitrogens with one attached hydrogen (secondary N) is 2. The van der Waals surface area contributed by atoms with Crippen molar-refractivity contribution in [1.29, 1.82) is 0 Å². The van der Waals surface area contributed by atoms with Gasteiger partial charge in [-0.15, -0.1) is 23.1 Å². The van der Waals surface area contributed by atoms with E-state index in [0.717, 1.165) is 22.8 Å². The number of benzene rings is 1. The van der Waals surface area contributed by atoms with E-state index in [9.17, 15) is 8.42 Å². The molecule has 1 heterocycles. The summed E-state index contributed by atoms with van der Waals surface area (Å²) in [7, 11) is -1.93. The third kappa shape index (κ3) is 6.69. The zero-order valence-corrected chi connectivity index (χ0v) is 16.5. The molecule has 4 N–H and O–H groups in total. The third-order valence-corrected chi connectivity index (χ3v) is 6.85. The molecule has 0 fully saturated rings. The molecule has 2 rings (SSSR count). The van der Waals surface area contributed by atoms with Crippen LogP contribution in [-0.2, 0) is 16.6 Å². The molecule has 0 aliphatic carbocycles. The lowest BCUT2D eigenvalue weighted by Crippen LogP contribution is -2.39. The second-order valence-corrected chi connectivity index (χ2v) is 9.78. The summed E-state index contributed by atoms with van der Waals surface area (Å²) < 4.78 is 22.8. The summed E-state index contributed by atoms with van der Waals surface area (Å²) >= 11 is 2.95. The second-order valence-electron chi connectivity index (χ2n) is 5.31. The number of thioether (sulfide) groups is 1. The van der Waals surface area contributed by atoms with Crippen LogP contribution in [0.3, 0.4) is 0 Å². The van der Waals surface area contributed by atoms with Crippen molar-refractivity contribution >= 4 is 39.1 Å². The van der Waals surface area contributed by atoms with E-state index in [1.165, 1.54) is 11.0 Å². The van der Waals surface area contributed by atoms with E-state index in [1.54, 1.807) is 24.9 Å². The first-order valence-corrected chi connectivity index (χ1v) is 10.9. The number of hydrogen-bond acceptors (Lipinski definition) is 5. The van der Waals surface area contributed by atoms with Crippen molar-refractivity contribution in [3.05, 3.63) is 47.3 Å². The molecule has 0 amide bonds. The molecule has 1 aromatic carbocycles. The van der Waals surface area contributed by atoms with Gasteiger partial charge in [0.25, 0.3) is 0 Å². The largest absolute Gasteiger partial charge is 0.355 e. The monoisotopic (exact) mass is 398 g/mol. The quantitative estimate of drug-likeness (QED) is 0.378. The van der Waals surface area contributed by atoms with Crippen molar-refractivity contribution in [3.63, 3.8) is 0 Å². The Balaban J connectivity index is 1.80. The number of sulfonamides is 1. The van der Waals surface area contributed by atoms with Crippen LogP contribution in [0.25, 0.3) is 0 Å². The molecule has 0 aliphatic heterocycles. The molecule has 9 heteroatoms. The van der Waals surface area contributed by atoms with Crippen LogP contribution in [0.5, 0.6) is 0 Å². The molecule has 0 spiro atoms. The Bertz CT molecular complexity index is 804. The smallest absolute Gasteiger partial charge is 0.247 e. The fourth-order valence-electron chi connectivity index (χ4n) is 2.01. The minimum absolute atomic E-state index is 0.167. The van der Waals surface area contributed by atoms with E-state index in [2.05, 4.69) is 34.7 Å². The number of primary sulfonamides is 1. The standard InChI is InChI=1S/C16H22N4O2S3/c1-12(23-13-6-4-3-5-7-13)10-19-16(18-2)20-11-14-8-9-15(24-14)25(17,21)22/h3-9,12H,10-11H2,1-2H3,(H2,17,21,22)(H2,18,19,20). The van der Waals surface area contributed by atoms with Crippen molar-refractivity contribution in [3.8, 4) is 0 Å². The Kier molecular flexibility index (Phi) is 7.30. The van der Waals surface area contributed by atoms with Gasteiger partial charge in [0.05, 0.1) is 6.54 Å². The summed E-state index contributed by atoms with van der Waals surface area (Å²) in [5, 5.41) is 11.9. The summed E-state index contributed by atoms with van der Waals surface area (Å²) in [6.07, 6.45) is 0. The molecular formula is C16H22N4O2S3. The van der Waals surface area contributed by atoms with Crippen LogP contribution in [0.2, 0.25) is 0 Å². The predicted molar refractivity (Wildman–Crippen MR) is 106 cm³/mol. The summed E-state index contributed by atoms with van der Waals surface area (Å²) in [5.41, 5.74) is 0. The highest BCUT2D eigenvalue weighted by atomic mass is 32.2. The molecule has 6 nitrogen and oxygen atoms in total. The Morgan fingerprint density at radius 1 is 1.24 bits per heavy atom. The van der Waals surface area contributed by atoms with Crippen molar-refractivity contribution in [2.45, 2.75) is 27.8 Å². The fourth-order valence-corrected chi connectivity index (χ4v) is 4.67. The average Bonchev–Trinajstić information content (AvgIpc) is 3.05. The SMILES string of the molecule is CN=C(NCc1ccc(S(N)(=O)=O)s1)NCC(C)Sc1ccccc1. The molecule has 1 unspecified atom stereocenters. The van der Waals surface area contributed by atoms with E-state index in [4.69, 9.17) is 5.14 Å². The summed E-state index contributed by atoms with van der Waals surface area (Å²) in [6.45, 7) is 3.39. The summed E-state index contributed by atoms with van der Waals surface area (Å²) in [4.78, 5) is 6.29. The fraction of sp³-hybridized carbons (Fsp3) is 0.312. The molecule has 0 saturated carbocycles. The van der Waals surface area contributed by atoms with Crippen LogP contribution in [-0.4, -0.2) is 33.2 Å². The number of nitrogens with two attached hydrogens (primary N) is 1. The van der Waals surface area contributed by atoms with Gasteiger partial charge < -0.3 is 10.6 Å². The maximum atomic E-state index is 11.3. The van der Waals surface area contributed by atoms with Crippen molar-refractivity contribution in [2.75, 3.05) is 13.6 Å². The molecule has 0 bridgehead atoms. The van der Waals surface area contributed by atoms with Crippen LogP contribution < -0.4 is 15.8 Å². The minimum Gasteiger partial charge on any atom is -0.355 e. The van der Waals surface area contributed by atoms with Gasteiger partial charge in [-0.25, -0.2) is 13.6 Å². The van der Waals surface area contributed by atoms with Crippen molar-refractivity contribution < 1.29 is 8.42 Å². The Labute approximate surface area is 157 Å². The van der Waals surface area contributed by atoms with E-state index in [0.29, 0.717) is 17.8 Å². The molecule has 0 aliphatic rings. The first kappa shape index (κ1) is 19.8. The maximum Gasteiger partial charge on any atom is 0.247 e. The minimum atomic E-state index is -3.64. The van der Waals surface area contributed by atoms with Crippen LogP contribution in [0.1, 0.15) is 11.8 Å². The van der Waals surface area contributed by atoms with Crippen molar-refractivity contribution in [2.24, 2.45) is 10.1 Å². The van der Waals surface area contributed by atoms with E-state index in [1.807, 2.05) is 18.2 Å². The molecular weight excluding hydrogens is 376 g/mol. The number of guanidine groups is 1. The lowest BCUT2D eigenvalue weighted by Gasteiger charge is -2.15. The van der Waals surface area contributed by atoms with E-state index in [-0.39, 0.29) is 4.21 Å². The number of aliphatic imine (C=N–C) groups is 1. The van der Waals surface area contributed by atoms with Crippen LogP contribution >= 0.6 is 23.1 Å². The first-order chi connectivity index (χ1) is 11.9. The highest BCUT2D eigenvalue weighted by Gasteiger charge is 2.11. The lowest BCUT2D eigenvalue weighted by molar-refractivity contribution is 0.600. The van der Waals surface area contributed by atoms with Crippen molar-refractivity contribution in [1.82, 2.24) is 10.6 Å². The van der Waals surface area contributed by atoms with Crippen LogP contribution in [0.4, 0.5) is 0 Å². The molecule has 0 saturated heterocycles. The first-order valence-electron chi connectivity index (χ1n) is 7.66. The van der Waals surface area contributed by atoms with Crippen LogP contribution in [0.15, 0.2) is 56.6 Å². The average molecular weight is 399 g/mol. The molecule has 0 radical (unpaired) electrons. The van der Waals surface area contributed by atoms with Gasteiger partial charge in [0.2, 0.25) is 10.0 Å². The number of hydrogen-bond donors (Lipinski definition) is 3. The van der Waals surface area contributed by atoms with Gasteiger partial charge in [0, 0.05) is 28.6 Å². The molecule has 25 heavy (non-hydrogen) atoms. The van der Waals surface area contributed by atoms with Crippen LogP contribution in [0, 0.1) is 0 Å².